The van der Waals surface area contributed by atoms with Gasteiger partial charge in [0.15, 0.2) is 0 Å². The van der Waals surface area contributed by atoms with Gasteiger partial charge in [-0.25, -0.2) is 8.42 Å². The quantitative estimate of drug-likeness (QED) is 0.606. The van der Waals surface area contributed by atoms with E-state index in [4.69, 9.17) is 5.73 Å². The third-order valence-electron chi connectivity index (χ3n) is 2.04. The van der Waals surface area contributed by atoms with Gasteiger partial charge < -0.3 is 5.73 Å². The Labute approximate surface area is 95.9 Å². The van der Waals surface area contributed by atoms with E-state index < -0.39 is 10.0 Å². The molecule has 0 aliphatic rings. The van der Waals surface area contributed by atoms with Crippen LogP contribution in [0, 0.1) is 18.8 Å². The number of sulfonamides is 1. The van der Waals surface area contributed by atoms with E-state index in [1.165, 1.54) is 0 Å². The van der Waals surface area contributed by atoms with Crippen molar-refractivity contribution in [3.63, 3.8) is 0 Å². The van der Waals surface area contributed by atoms with Gasteiger partial charge in [-0.2, -0.15) is 4.72 Å². The van der Waals surface area contributed by atoms with Crippen LogP contribution < -0.4 is 10.5 Å². The molecule has 0 aliphatic heterocycles. The summed E-state index contributed by atoms with van der Waals surface area (Å²) < 4.78 is 26.2. The van der Waals surface area contributed by atoms with Gasteiger partial charge in [-0.05, 0) is 25.5 Å². The first kappa shape index (κ1) is 12.6. The summed E-state index contributed by atoms with van der Waals surface area (Å²) in [5.74, 6) is 5.24. The average molecular weight is 238 g/mol. The molecule has 0 radical (unpaired) electrons. The van der Waals surface area contributed by atoms with Gasteiger partial charge in [0.1, 0.15) is 4.90 Å². The number of aryl methyl sites for hydroxylation is 1. The Morgan fingerprint density at radius 2 is 2.12 bits per heavy atom. The molecule has 0 heterocycles. The van der Waals surface area contributed by atoms with Crippen molar-refractivity contribution in [1.29, 1.82) is 0 Å². The predicted octanol–water partition coefficient (Wildman–Crippen LogP) is 0.879. The summed E-state index contributed by atoms with van der Waals surface area (Å²) in [4.78, 5) is 0.132. The van der Waals surface area contributed by atoms with Crippen LogP contribution in [-0.4, -0.2) is 15.0 Å². The smallest absolute Gasteiger partial charge is 0.243 e. The molecular weight excluding hydrogens is 224 g/mol. The largest absolute Gasteiger partial charge is 0.398 e. The van der Waals surface area contributed by atoms with Crippen molar-refractivity contribution in [3.8, 4) is 11.8 Å². The molecule has 0 spiro atoms. The second-order valence-electron chi connectivity index (χ2n) is 3.24. The lowest BCUT2D eigenvalue weighted by Crippen LogP contribution is -2.25. The predicted molar refractivity (Wildman–Crippen MR) is 64.2 cm³/mol. The normalized spacial score (nSPS) is 10.6. The molecule has 0 atom stereocenters. The standard InChI is InChI=1S/C11H14N2O2S/c1-3-4-8-13-16(14,15)11-9(2)6-5-7-10(11)12/h5-7,13H,8,12H2,1-2H3. The Morgan fingerprint density at radius 3 is 2.69 bits per heavy atom. The molecule has 0 aromatic heterocycles. The Morgan fingerprint density at radius 1 is 1.44 bits per heavy atom. The average Bonchev–Trinajstić information content (AvgIpc) is 2.17. The van der Waals surface area contributed by atoms with Crippen molar-refractivity contribution in [1.82, 2.24) is 4.72 Å². The zero-order chi connectivity index (χ0) is 12.2. The molecule has 0 fully saturated rings. The van der Waals surface area contributed by atoms with Gasteiger partial charge in [0.25, 0.3) is 0 Å². The molecule has 0 unspecified atom stereocenters. The van der Waals surface area contributed by atoms with Gasteiger partial charge in [0, 0.05) is 0 Å². The Hall–Kier alpha value is -1.51. The fourth-order valence-electron chi connectivity index (χ4n) is 1.33. The Bertz CT molecular complexity index is 519. The van der Waals surface area contributed by atoms with Gasteiger partial charge >= 0.3 is 0 Å². The van der Waals surface area contributed by atoms with Crippen molar-refractivity contribution in [2.45, 2.75) is 18.7 Å². The molecule has 0 bridgehead atoms. The molecule has 5 heteroatoms. The lowest BCUT2D eigenvalue weighted by atomic mass is 10.2. The van der Waals surface area contributed by atoms with Crippen LogP contribution in [0.5, 0.6) is 0 Å². The topological polar surface area (TPSA) is 72.2 Å². The minimum Gasteiger partial charge on any atom is -0.398 e. The highest BCUT2D eigenvalue weighted by molar-refractivity contribution is 7.89. The Kier molecular flexibility index (Phi) is 3.93. The van der Waals surface area contributed by atoms with Crippen LogP contribution in [0.2, 0.25) is 0 Å². The highest BCUT2D eigenvalue weighted by Crippen LogP contribution is 2.21. The number of hydrogen-bond donors (Lipinski definition) is 2. The number of nitrogens with two attached hydrogens (primary N) is 1. The molecule has 0 saturated heterocycles. The summed E-state index contributed by atoms with van der Waals surface area (Å²) in [6.45, 7) is 3.44. The zero-order valence-electron chi connectivity index (χ0n) is 9.24. The first-order chi connectivity index (χ1) is 7.49. The van der Waals surface area contributed by atoms with Crippen LogP contribution in [0.25, 0.3) is 0 Å². The highest BCUT2D eigenvalue weighted by atomic mass is 32.2. The molecule has 0 amide bonds. The first-order valence-electron chi connectivity index (χ1n) is 4.73. The van der Waals surface area contributed by atoms with E-state index in [9.17, 15) is 8.42 Å². The van der Waals surface area contributed by atoms with Gasteiger partial charge in [-0.15, -0.1) is 5.92 Å². The number of nitrogens with one attached hydrogen (secondary N) is 1. The summed E-state index contributed by atoms with van der Waals surface area (Å²) in [5.41, 5.74) is 6.53. The molecule has 0 saturated carbocycles. The van der Waals surface area contributed by atoms with Crippen LogP contribution in [0.4, 0.5) is 5.69 Å². The van der Waals surface area contributed by atoms with Crippen molar-refractivity contribution in [3.05, 3.63) is 23.8 Å². The number of benzene rings is 1. The van der Waals surface area contributed by atoms with Crippen LogP contribution in [0.15, 0.2) is 23.1 Å². The van der Waals surface area contributed by atoms with Crippen molar-refractivity contribution < 1.29 is 8.42 Å². The number of anilines is 1. The molecule has 86 valence electrons. The van der Waals surface area contributed by atoms with Gasteiger partial charge in [0.2, 0.25) is 10.0 Å². The van der Waals surface area contributed by atoms with Crippen molar-refractivity contribution in [2.24, 2.45) is 0 Å². The van der Waals surface area contributed by atoms with Crippen LogP contribution in [0.1, 0.15) is 12.5 Å². The van der Waals surface area contributed by atoms with E-state index >= 15 is 0 Å². The third-order valence-corrected chi connectivity index (χ3v) is 3.66. The maximum atomic E-state index is 11.9. The first-order valence-corrected chi connectivity index (χ1v) is 6.21. The fourth-order valence-corrected chi connectivity index (χ4v) is 2.61. The SMILES string of the molecule is CC#CCNS(=O)(=O)c1c(C)cccc1N. The summed E-state index contributed by atoms with van der Waals surface area (Å²) >= 11 is 0. The molecule has 1 aromatic carbocycles. The maximum absolute atomic E-state index is 11.9. The number of rotatable bonds is 3. The van der Waals surface area contributed by atoms with Gasteiger partial charge in [-0.1, -0.05) is 18.1 Å². The minimum atomic E-state index is -3.57. The second kappa shape index (κ2) is 5.01. The van der Waals surface area contributed by atoms with Crippen molar-refractivity contribution in [2.75, 3.05) is 12.3 Å². The lowest BCUT2D eigenvalue weighted by molar-refractivity contribution is 0.586. The highest BCUT2D eigenvalue weighted by Gasteiger charge is 2.18. The zero-order valence-corrected chi connectivity index (χ0v) is 10.1. The van der Waals surface area contributed by atoms with E-state index in [0.29, 0.717) is 5.56 Å². The summed E-state index contributed by atoms with van der Waals surface area (Å²) in [6, 6.07) is 4.99. The maximum Gasteiger partial charge on any atom is 0.243 e. The van der Waals surface area contributed by atoms with Crippen LogP contribution >= 0.6 is 0 Å². The molecule has 3 N–H and O–H groups in total. The molecule has 4 nitrogen and oxygen atoms in total. The van der Waals surface area contributed by atoms with E-state index in [0.717, 1.165) is 0 Å². The van der Waals surface area contributed by atoms with E-state index in [2.05, 4.69) is 16.6 Å². The Balaban J connectivity index is 3.11. The van der Waals surface area contributed by atoms with Crippen LogP contribution in [0.3, 0.4) is 0 Å². The van der Waals surface area contributed by atoms with Crippen LogP contribution in [-0.2, 0) is 10.0 Å². The molecule has 16 heavy (non-hydrogen) atoms. The van der Waals surface area contributed by atoms with Crippen molar-refractivity contribution >= 4 is 15.7 Å². The number of nitrogen functional groups attached to an aromatic ring is 1. The summed E-state index contributed by atoms with van der Waals surface area (Å²) in [5, 5.41) is 0. The second-order valence-corrected chi connectivity index (χ2v) is 4.95. The number of hydrogen-bond acceptors (Lipinski definition) is 3. The van der Waals surface area contributed by atoms with E-state index in [1.54, 1.807) is 32.0 Å². The molecular formula is C11H14N2O2S. The van der Waals surface area contributed by atoms with Gasteiger partial charge in [-0.3, -0.25) is 0 Å². The van der Waals surface area contributed by atoms with E-state index in [1.807, 2.05) is 0 Å². The molecule has 0 aliphatic carbocycles. The van der Waals surface area contributed by atoms with Gasteiger partial charge in [0.05, 0.1) is 12.2 Å². The monoisotopic (exact) mass is 238 g/mol. The van der Waals surface area contributed by atoms with E-state index in [-0.39, 0.29) is 17.1 Å². The molecule has 1 aromatic rings. The fraction of sp³-hybridized carbons (Fsp3) is 0.273. The summed E-state index contributed by atoms with van der Waals surface area (Å²) in [7, 11) is -3.57. The summed E-state index contributed by atoms with van der Waals surface area (Å²) in [6.07, 6.45) is 0. The minimum absolute atomic E-state index is 0.0899. The lowest BCUT2D eigenvalue weighted by Gasteiger charge is -2.09. The molecule has 1 rings (SSSR count). The third kappa shape index (κ3) is 2.75.